The van der Waals surface area contributed by atoms with Gasteiger partial charge in [-0.1, -0.05) is 48.5 Å². The van der Waals surface area contributed by atoms with Crippen LogP contribution in [-0.4, -0.2) is 21.1 Å². The van der Waals surface area contributed by atoms with Crippen molar-refractivity contribution in [3.63, 3.8) is 0 Å². The zero-order valence-electron chi connectivity index (χ0n) is 19.8. The zero-order valence-corrected chi connectivity index (χ0v) is 19.8. The molecule has 1 aliphatic rings. The minimum atomic E-state index is -0.519. The lowest BCUT2D eigenvalue weighted by Gasteiger charge is -2.35. The number of carbonyl (C=O) groups is 1. The summed E-state index contributed by atoms with van der Waals surface area (Å²) in [6.07, 6.45) is 0.898. The van der Waals surface area contributed by atoms with Gasteiger partial charge in [0, 0.05) is 11.3 Å². The van der Waals surface area contributed by atoms with Crippen LogP contribution in [0.1, 0.15) is 42.5 Å². The number of carbonyl (C=O) groups excluding carboxylic acids is 1. The van der Waals surface area contributed by atoms with Crippen LogP contribution < -0.4 is 5.32 Å². The molecule has 2 heterocycles. The van der Waals surface area contributed by atoms with Crippen molar-refractivity contribution in [3.8, 4) is 11.4 Å². The van der Waals surface area contributed by atoms with Crippen molar-refractivity contribution in [1.82, 2.24) is 20.4 Å². The van der Waals surface area contributed by atoms with E-state index in [9.17, 15) is 13.6 Å². The average Bonchev–Trinajstić information content (AvgIpc) is 3.37. The maximum atomic E-state index is 13.4. The number of aryl methyl sites for hydroxylation is 1. The summed E-state index contributed by atoms with van der Waals surface area (Å²) in [5, 5.41) is 7.17. The van der Waals surface area contributed by atoms with Gasteiger partial charge in [-0.3, -0.25) is 4.90 Å². The van der Waals surface area contributed by atoms with E-state index in [-0.39, 0.29) is 30.1 Å². The molecule has 182 valence electrons. The molecule has 0 saturated carbocycles. The van der Waals surface area contributed by atoms with E-state index in [1.807, 2.05) is 31.2 Å². The first-order valence-electron chi connectivity index (χ1n) is 11.6. The summed E-state index contributed by atoms with van der Waals surface area (Å²) in [4.78, 5) is 19.4. The number of aromatic nitrogens is 2. The Hall–Kier alpha value is -4.33. The molecule has 3 aromatic carbocycles. The molecular weight excluding hydrogens is 462 g/mol. The Labute approximate surface area is 207 Å². The second-order valence-corrected chi connectivity index (χ2v) is 8.62. The van der Waals surface area contributed by atoms with E-state index in [0.717, 1.165) is 17.5 Å². The van der Waals surface area contributed by atoms with Crippen LogP contribution in [0.2, 0.25) is 0 Å². The first kappa shape index (κ1) is 23.4. The number of urea groups is 1. The Balaban J connectivity index is 1.58. The van der Waals surface area contributed by atoms with Crippen LogP contribution in [0.15, 0.2) is 83.0 Å². The third-order valence-electron chi connectivity index (χ3n) is 6.33. The fourth-order valence-electron chi connectivity index (χ4n) is 4.27. The molecule has 0 spiro atoms. The maximum absolute atomic E-state index is 13.4. The summed E-state index contributed by atoms with van der Waals surface area (Å²) in [5.41, 5.74) is 4.73. The number of hydrogen-bond donors (Lipinski definition) is 1. The molecule has 0 fully saturated rings. The zero-order chi connectivity index (χ0) is 25.2. The molecule has 5 rings (SSSR count). The molecular formula is C28H24F2N4O2. The summed E-state index contributed by atoms with van der Waals surface area (Å²) in [6.45, 7) is 4.14. The van der Waals surface area contributed by atoms with E-state index in [1.165, 1.54) is 29.8 Å². The molecule has 1 aromatic heterocycles. The summed E-state index contributed by atoms with van der Waals surface area (Å²) in [6, 6.07) is 19.0. The average molecular weight is 487 g/mol. The van der Waals surface area contributed by atoms with Gasteiger partial charge in [0.1, 0.15) is 11.6 Å². The Morgan fingerprint density at radius 3 is 2.17 bits per heavy atom. The number of nitrogens with zero attached hydrogens (tertiary/aromatic N) is 3. The van der Waals surface area contributed by atoms with Crippen molar-refractivity contribution in [2.24, 2.45) is 0 Å². The second-order valence-electron chi connectivity index (χ2n) is 8.62. The highest BCUT2D eigenvalue weighted by molar-refractivity contribution is 5.86. The maximum Gasteiger partial charge on any atom is 0.322 e. The number of nitrogens with one attached hydrogen (secondary N) is 1. The Kier molecular flexibility index (Phi) is 6.33. The van der Waals surface area contributed by atoms with Crippen LogP contribution in [0.25, 0.3) is 17.0 Å². The van der Waals surface area contributed by atoms with Crippen molar-refractivity contribution in [2.75, 3.05) is 0 Å². The van der Waals surface area contributed by atoms with Crippen molar-refractivity contribution < 1.29 is 18.1 Å². The summed E-state index contributed by atoms with van der Waals surface area (Å²) >= 11 is 0. The molecule has 1 unspecified atom stereocenters. The number of allylic oxidation sites excluding steroid dienone is 1. The van der Waals surface area contributed by atoms with Gasteiger partial charge in [0.15, 0.2) is 0 Å². The molecule has 6 nitrogen and oxygen atoms in total. The van der Waals surface area contributed by atoms with Crippen molar-refractivity contribution in [3.05, 3.63) is 113 Å². The van der Waals surface area contributed by atoms with Gasteiger partial charge in [-0.2, -0.15) is 4.98 Å². The van der Waals surface area contributed by atoms with E-state index in [4.69, 9.17) is 4.52 Å². The summed E-state index contributed by atoms with van der Waals surface area (Å²) < 4.78 is 32.5. The quantitative estimate of drug-likeness (QED) is 0.348. The predicted octanol–water partition coefficient (Wildman–Crippen LogP) is 6.27. The lowest BCUT2D eigenvalue weighted by atomic mass is 9.93. The van der Waals surface area contributed by atoms with E-state index in [2.05, 4.69) is 22.4 Å². The standard InChI is InChI=1S/C28H24F2N4O2/c1-3-18-4-8-20(9-5-18)25-24(27-32-26(33-36-27)21-10-14-23(30)15-11-21)17(2)34(28(35)31-25)16-19-6-12-22(29)13-7-19/h4-15,25H,3,16H2,1-2H3,(H,31,35). The van der Waals surface area contributed by atoms with Crippen molar-refractivity contribution >= 4 is 11.6 Å². The van der Waals surface area contributed by atoms with Crippen LogP contribution in [-0.2, 0) is 13.0 Å². The number of halogens is 2. The number of amides is 2. The van der Waals surface area contributed by atoms with E-state index >= 15 is 0 Å². The normalized spacial score (nSPS) is 15.8. The first-order valence-corrected chi connectivity index (χ1v) is 11.6. The highest BCUT2D eigenvalue weighted by Gasteiger charge is 2.35. The van der Waals surface area contributed by atoms with Gasteiger partial charge in [0.2, 0.25) is 5.82 Å². The summed E-state index contributed by atoms with van der Waals surface area (Å²) in [5.74, 6) is -0.138. The van der Waals surface area contributed by atoms with E-state index < -0.39 is 6.04 Å². The summed E-state index contributed by atoms with van der Waals surface area (Å²) in [7, 11) is 0. The minimum absolute atomic E-state index is 0.238. The van der Waals surface area contributed by atoms with Gasteiger partial charge in [-0.25, -0.2) is 13.6 Å². The monoisotopic (exact) mass is 486 g/mol. The fourth-order valence-corrected chi connectivity index (χ4v) is 4.27. The third-order valence-corrected chi connectivity index (χ3v) is 6.33. The van der Waals surface area contributed by atoms with Crippen LogP contribution in [0.5, 0.6) is 0 Å². The SMILES string of the molecule is CCc1ccc(C2NC(=O)N(Cc3ccc(F)cc3)C(C)=C2c2nc(-c3ccc(F)cc3)no2)cc1. The molecule has 1 aliphatic heterocycles. The third kappa shape index (κ3) is 4.62. The van der Waals surface area contributed by atoms with Gasteiger partial charge < -0.3 is 9.84 Å². The molecule has 0 radical (unpaired) electrons. The van der Waals surface area contributed by atoms with Crippen LogP contribution in [0.3, 0.4) is 0 Å². The lowest BCUT2D eigenvalue weighted by molar-refractivity contribution is 0.203. The molecule has 0 aliphatic carbocycles. The molecule has 0 bridgehead atoms. The number of hydrogen-bond acceptors (Lipinski definition) is 4. The molecule has 36 heavy (non-hydrogen) atoms. The minimum Gasteiger partial charge on any atom is -0.334 e. The molecule has 8 heteroatoms. The lowest BCUT2D eigenvalue weighted by Crippen LogP contribution is -2.45. The molecule has 0 saturated heterocycles. The van der Waals surface area contributed by atoms with Crippen molar-refractivity contribution in [1.29, 1.82) is 0 Å². The van der Waals surface area contributed by atoms with Gasteiger partial charge >= 0.3 is 6.03 Å². The van der Waals surface area contributed by atoms with E-state index in [0.29, 0.717) is 22.7 Å². The Bertz CT molecular complexity index is 1410. The second kappa shape index (κ2) is 9.73. The highest BCUT2D eigenvalue weighted by Crippen LogP contribution is 2.38. The van der Waals surface area contributed by atoms with Crippen LogP contribution >= 0.6 is 0 Å². The largest absolute Gasteiger partial charge is 0.334 e. The van der Waals surface area contributed by atoms with Crippen LogP contribution in [0.4, 0.5) is 13.6 Å². The van der Waals surface area contributed by atoms with Gasteiger partial charge in [-0.05, 0) is 66.4 Å². The van der Waals surface area contributed by atoms with E-state index in [1.54, 1.807) is 29.2 Å². The van der Waals surface area contributed by atoms with Gasteiger partial charge in [0.05, 0.1) is 18.2 Å². The Morgan fingerprint density at radius 2 is 1.53 bits per heavy atom. The Morgan fingerprint density at radius 1 is 0.917 bits per heavy atom. The molecule has 1 atom stereocenters. The highest BCUT2D eigenvalue weighted by atomic mass is 19.1. The van der Waals surface area contributed by atoms with Gasteiger partial charge in [0.25, 0.3) is 5.89 Å². The smallest absolute Gasteiger partial charge is 0.322 e. The number of rotatable bonds is 6. The van der Waals surface area contributed by atoms with Gasteiger partial charge in [-0.15, -0.1) is 0 Å². The fraction of sp³-hybridized carbons (Fsp3) is 0.179. The number of benzene rings is 3. The molecule has 4 aromatic rings. The van der Waals surface area contributed by atoms with Crippen LogP contribution in [0, 0.1) is 11.6 Å². The first-order chi connectivity index (χ1) is 17.4. The molecule has 2 amide bonds. The predicted molar refractivity (Wildman–Crippen MR) is 131 cm³/mol. The van der Waals surface area contributed by atoms with Crippen molar-refractivity contribution in [2.45, 2.75) is 32.9 Å². The molecule has 1 N–H and O–H groups in total. The topological polar surface area (TPSA) is 71.3 Å².